The minimum atomic E-state index is 0.608. The van der Waals surface area contributed by atoms with Crippen molar-refractivity contribution in [3.63, 3.8) is 0 Å². The summed E-state index contributed by atoms with van der Waals surface area (Å²) in [6.07, 6.45) is 3.60. The van der Waals surface area contributed by atoms with E-state index < -0.39 is 0 Å². The van der Waals surface area contributed by atoms with E-state index in [2.05, 4.69) is 43.1 Å². The largest absolute Gasteiger partial charge is 0.347 e. The zero-order valence-electron chi connectivity index (χ0n) is 13.3. The molecule has 1 fully saturated rings. The summed E-state index contributed by atoms with van der Waals surface area (Å²) in [6, 6.07) is 0.608. The maximum Gasteiger partial charge on any atom is 0.185 e. The molecule has 4 nitrogen and oxygen atoms in total. The Morgan fingerprint density at radius 2 is 2.25 bits per heavy atom. The second kappa shape index (κ2) is 7.38. The predicted molar refractivity (Wildman–Crippen MR) is 87.8 cm³/mol. The summed E-state index contributed by atoms with van der Waals surface area (Å²) < 4.78 is 0. The van der Waals surface area contributed by atoms with E-state index in [1.165, 1.54) is 35.1 Å². The molecule has 0 amide bonds. The van der Waals surface area contributed by atoms with Crippen molar-refractivity contribution in [1.82, 2.24) is 15.2 Å². The van der Waals surface area contributed by atoms with Gasteiger partial charge in [-0.25, -0.2) is 4.98 Å². The van der Waals surface area contributed by atoms with Gasteiger partial charge in [0.1, 0.15) is 0 Å². The quantitative estimate of drug-likeness (QED) is 0.873. The first-order valence-electron chi connectivity index (χ1n) is 7.76. The summed E-state index contributed by atoms with van der Waals surface area (Å²) in [7, 11) is 4.43. The molecule has 1 aliphatic rings. The van der Waals surface area contributed by atoms with Crippen LogP contribution in [0.5, 0.6) is 0 Å². The van der Waals surface area contributed by atoms with Gasteiger partial charge in [0.2, 0.25) is 0 Å². The van der Waals surface area contributed by atoms with Crippen LogP contribution in [0.2, 0.25) is 0 Å². The van der Waals surface area contributed by atoms with E-state index >= 15 is 0 Å². The minimum absolute atomic E-state index is 0.608. The first-order valence-corrected chi connectivity index (χ1v) is 8.58. The number of hydrogen-bond donors (Lipinski definition) is 1. The number of anilines is 1. The molecule has 0 radical (unpaired) electrons. The number of piperidine rings is 1. The SMILES string of the molecule is CCNCc1sc(N(C)C2CCCN(C)C2)nc1CC. The summed E-state index contributed by atoms with van der Waals surface area (Å²) in [4.78, 5) is 11.1. The van der Waals surface area contributed by atoms with Gasteiger partial charge in [-0.05, 0) is 39.4 Å². The number of nitrogens with zero attached hydrogens (tertiary/aromatic N) is 3. The van der Waals surface area contributed by atoms with Crippen LogP contribution in [0, 0.1) is 0 Å². The molecule has 1 atom stereocenters. The van der Waals surface area contributed by atoms with Gasteiger partial charge < -0.3 is 15.1 Å². The third-order valence-corrected chi connectivity index (χ3v) is 5.27. The lowest BCUT2D eigenvalue weighted by atomic mass is 10.1. The normalized spacial score (nSPS) is 20.3. The molecule has 0 aromatic carbocycles. The van der Waals surface area contributed by atoms with Crippen LogP contribution < -0.4 is 10.2 Å². The summed E-state index contributed by atoms with van der Waals surface area (Å²) >= 11 is 1.86. The van der Waals surface area contributed by atoms with Crippen molar-refractivity contribution in [3.8, 4) is 0 Å². The van der Waals surface area contributed by atoms with Gasteiger partial charge in [-0.1, -0.05) is 13.8 Å². The van der Waals surface area contributed by atoms with E-state index in [4.69, 9.17) is 4.98 Å². The molecule has 1 aliphatic heterocycles. The first-order chi connectivity index (χ1) is 9.65. The van der Waals surface area contributed by atoms with Crippen molar-refractivity contribution in [3.05, 3.63) is 10.6 Å². The van der Waals surface area contributed by atoms with Crippen molar-refractivity contribution < 1.29 is 0 Å². The van der Waals surface area contributed by atoms with Crippen LogP contribution >= 0.6 is 11.3 Å². The number of hydrogen-bond acceptors (Lipinski definition) is 5. The van der Waals surface area contributed by atoms with Gasteiger partial charge in [0.25, 0.3) is 0 Å². The van der Waals surface area contributed by atoms with E-state index in [0.29, 0.717) is 6.04 Å². The highest BCUT2D eigenvalue weighted by molar-refractivity contribution is 7.15. The monoisotopic (exact) mass is 296 g/mol. The zero-order valence-corrected chi connectivity index (χ0v) is 14.1. The summed E-state index contributed by atoms with van der Waals surface area (Å²) in [5, 5.41) is 4.61. The van der Waals surface area contributed by atoms with Gasteiger partial charge in [0.15, 0.2) is 5.13 Å². The summed E-state index contributed by atoms with van der Waals surface area (Å²) in [5.74, 6) is 0. The second-order valence-corrected chi connectivity index (χ2v) is 6.73. The fourth-order valence-electron chi connectivity index (χ4n) is 2.78. The molecule has 2 rings (SSSR count). The molecular weight excluding hydrogens is 268 g/mol. The molecule has 2 heterocycles. The van der Waals surface area contributed by atoms with Crippen molar-refractivity contribution in [1.29, 1.82) is 0 Å². The van der Waals surface area contributed by atoms with E-state index in [0.717, 1.165) is 26.1 Å². The molecule has 1 aromatic heterocycles. The standard InChI is InChI=1S/C15H28N4S/c1-5-13-14(10-16-6-2)20-15(17-13)19(4)12-8-7-9-18(3)11-12/h12,16H,5-11H2,1-4H3. The van der Waals surface area contributed by atoms with Crippen LogP contribution in [-0.4, -0.2) is 49.7 Å². The number of rotatable bonds is 6. The minimum Gasteiger partial charge on any atom is -0.347 e. The molecule has 0 spiro atoms. The highest BCUT2D eigenvalue weighted by atomic mass is 32.1. The lowest BCUT2D eigenvalue weighted by molar-refractivity contribution is 0.248. The lowest BCUT2D eigenvalue weighted by Crippen LogP contribution is -2.45. The van der Waals surface area contributed by atoms with Crippen LogP contribution in [0.4, 0.5) is 5.13 Å². The average Bonchev–Trinajstić information content (AvgIpc) is 2.87. The second-order valence-electron chi connectivity index (χ2n) is 5.67. The smallest absolute Gasteiger partial charge is 0.185 e. The first kappa shape index (κ1) is 15.7. The number of nitrogens with one attached hydrogen (secondary N) is 1. The van der Waals surface area contributed by atoms with Crippen LogP contribution in [-0.2, 0) is 13.0 Å². The molecular formula is C15H28N4S. The molecule has 1 saturated heterocycles. The molecule has 1 aromatic rings. The number of likely N-dealkylation sites (tertiary alicyclic amines) is 1. The molecule has 114 valence electrons. The van der Waals surface area contributed by atoms with Gasteiger partial charge in [0, 0.05) is 31.1 Å². The zero-order chi connectivity index (χ0) is 14.5. The van der Waals surface area contributed by atoms with Crippen LogP contribution in [0.25, 0.3) is 0 Å². The third-order valence-electron chi connectivity index (χ3n) is 4.09. The van der Waals surface area contributed by atoms with Gasteiger partial charge in [-0.3, -0.25) is 0 Å². The summed E-state index contributed by atoms with van der Waals surface area (Å²) in [5.41, 5.74) is 1.27. The fraction of sp³-hybridized carbons (Fsp3) is 0.800. The Morgan fingerprint density at radius 3 is 2.90 bits per heavy atom. The number of aryl methyl sites for hydroxylation is 1. The average molecular weight is 296 g/mol. The Labute approximate surface area is 127 Å². The third kappa shape index (κ3) is 3.71. The number of aromatic nitrogens is 1. The highest BCUT2D eigenvalue weighted by Crippen LogP contribution is 2.29. The Morgan fingerprint density at radius 1 is 1.45 bits per heavy atom. The van der Waals surface area contributed by atoms with E-state index in [1.807, 2.05) is 11.3 Å². The van der Waals surface area contributed by atoms with Crippen molar-refractivity contribution in [2.45, 2.75) is 45.7 Å². The molecule has 0 bridgehead atoms. The van der Waals surface area contributed by atoms with Crippen LogP contribution in [0.15, 0.2) is 0 Å². The Bertz CT molecular complexity index is 418. The van der Waals surface area contributed by atoms with Gasteiger partial charge in [-0.15, -0.1) is 11.3 Å². The van der Waals surface area contributed by atoms with Crippen molar-refractivity contribution >= 4 is 16.5 Å². The molecule has 0 aliphatic carbocycles. The van der Waals surface area contributed by atoms with Gasteiger partial charge >= 0.3 is 0 Å². The molecule has 5 heteroatoms. The highest BCUT2D eigenvalue weighted by Gasteiger charge is 2.24. The summed E-state index contributed by atoms with van der Waals surface area (Å²) in [6.45, 7) is 8.70. The maximum absolute atomic E-state index is 4.87. The molecule has 1 N–H and O–H groups in total. The van der Waals surface area contributed by atoms with Crippen LogP contribution in [0.1, 0.15) is 37.3 Å². The Balaban J connectivity index is 2.08. The Kier molecular flexibility index (Phi) is 5.81. The Hall–Kier alpha value is -0.650. The van der Waals surface area contributed by atoms with Gasteiger partial charge in [0.05, 0.1) is 5.69 Å². The van der Waals surface area contributed by atoms with Gasteiger partial charge in [-0.2, -0.15) is 0 Å². The maximum atomic E-state index is 4.87. The number of likely N-dealkylation sites (N-methyl/N-ethyl adjacent to an activating group) is 2. The molecule has 20 heavy (non-hydrogen) atoms. The van der Waals surface area contributed by atoms with E-state index in [-0.39, 0.29) is 0 Å². The molecule has 1 unspecified atom stereocenters. The predicted octanol–water partition coefficient (Wildman–Crippen LogP) is 2.35. The van der Waals surface area contributed by atoms with Crippen LogP contribution in [0.3, 0.4) is 0 Å². The fourth-order valence-corrected chi connectivity index (χ4v) is 3.94. The topological polar surface area (TPSA) is 31.4 Å². The van der Waals surface area contributed by atoms with E-state index in [1.54, 1.807) is 0 Å². The van der Waals surface area contributed by atoms with E-state index in [9.17, 15) is 0 Å². The van der Waals surface area contributed by atoms with Crippen molar-refractivity contribution in [2.75, 3.05) is 38.6 Å². The molecule has 0 saturated carbocycles. The van der Waals surface area contributed by atoms with Crippen molar-refractivity contribution in [2.24, 2.45) is 0 Å². The number of thiazole rings is 1. The lowest BCUT2D eigenvalue weighted by Gasteiger charge is -2.35.